The molecule has 39 heavy (non-hydrogen) atoms. The standard InChI is InChI=1S/C30H30F3N3O3/c1-39-19-28-34-26-18-22(30(31,32)33)9-12-27(26)36(28)23-13-15-35(16-14-23)29(38)25(21-5-3-2-4-6-21)17-20-7-10-24(37)11-8-20/h2-12,18,23,25,37H,13-17,19H2,1H3. The van der Waals surface area contributed by atoms with E-state index in [-0.39, 0.29) is 35.7 Å². The summed E-state index contributed by atoms with van der Waals surface area (Å²) in [6, 6.07) is 20.2. The average molecular weight is 538 g/mol. The molecule has 1 aliphatic heterocycles. The van der Waals surface area contributed by atoms with E-state index in [4.69, 9.17) is 4.74 Å². The van der Waals surface area contributed by atoms with E-state index in [1.807, 2.05) is 51.9 Å². The number of imidazole rings is 1. The maximum atomic E-state index is 13.8. The van der Waals surface area contributed by atoms with Crippen LogP contribution in [0.15, 0.2) is 72.8 Å². The topological polar surface area (TPSA) is 67.6 Å². The fraction of sp³-hybridized carbons (Fsp3) is 0.333. The van der Waals surface area contributed by atoms with Crippen molar-refractivity contribution >= 4 is 16.9 Å². The number of ether oxygens (including phenoxy) is 1. The number of nitrogens with zero attached hydrogens (tertiary/aromatic N) is 3. The van der Waals surface area contributed by atoms with Crippen LogP contribution in [0.2, 0.25) is 0 Å². The third-order valence-electron chi connectivity index (χ3n) is 7.38. The second kappa shape index (κ2) is 11.1. The molecular weight excluding hydrogens is 507 g/mol. The minimum absolute atomic E-state index is 0.0202. The van der Waals surface area contributed by atoms with Gasteiger partial charge in [-0.3, -0.25) is 4.79 Å². The van der Waals surface area contributed by atoms with E-state index < -0.39 is 11.7 Å². The molecule has 1 N–H and O–H groups in total. The number of alkyl halides is 3. The van der Waals surface area contributed by atoms with Crippen molar-refractivity contribution in [3.63, 3.8) is 0 Å². The third-order valence-corrected chi connectivity index (χ3v) is 7.38. The van der Waals surface area contributed by atoms with Gasteiger partial charge in [0.05, 0.1) is 22.5 Å². The van der Waals surface area contributed by atoms with Gasteiger partial charge in [-0.1, -0.05) is 42.5 Å². The molecule has 1 unspecified atom stereocenters. The number of likely N-dealkylation sites (tertiary alicyclic amines) is 1. The van der Waals surface area contributed by atoms with Crippen molar-refractivity contribution in [2.24, 2.45) is 0 Å². The van der Waals surface area contributed by atoms with Crippen LogP contribution in [0, 0.1) is 0 Å². The molecule has 6 nitrogen and oxygen atoms in total. The van der Waals surface area contributed by atoms with Gasteiger partial charge in [0.1, 0.15) is 18.2 Å². The summed E-state index contributed by atoms with van der Waals surface area (Å²) in [5, 5.41) is 9.65. The molecule has 2 heterocycles. The van der Waals surface area contributed by atoms with E-state index in [2.05, 4.69) is 4.98 Å². The number of aromatic hydroxyl groups is 1. The zero-order valence-corrected chi connectivity index (χ0v) is 21.6. The molecule has 0 bridgehead atoms. The lowest BCUT2D eigenvalue weighted by molar-refractivity contribution is -0.137. The Hall–Kier alpha value is -3.85. The van der Waals surface area contributed by atoms with Crippen LogP contribution in [0.4, 0.5) is 13.2 Å². The van der Waals surface area contributed by atoms with Gasteiger partial charge in [-0.25, -0.2) is 4.98 Å². The van der Waals surface area contributed by atoms with Crippen molar-refractivity contribution in [2.45, 2.75) is 44.0 Å². The summed E-state index contributed by atoms with van der Waals surface area (Å²) < 4.78 is 47.1. The SMILES string of the molecule is COCc1nc2cc(C(F)(F)F)ccc2n1C1CCN(C(=O)C(Cc2ccc(O)cc2)c2ccccc2)CC1. The number of benzene rings is 3. The maximum absolute atomic E-state index is 13.8. The number of piperidine rings is 1. The van der Waals surface area contributed by atoms with Crippen LogP contribution in [0.1, 0.15) is 47.3 Å². The Labute approximate surface area is 224 Å². The van der Waals surface area contributed by atoms with Gasteiger partial charge < -0.3 is 19.3 Å². The second-order valence-electron chi connectivity index (χ2n) is 9.92. The number of hydrogen-bond acceptors (Lipinski definition) is 4. The zero-order chi connectivity index (χ0) is 27.6. The molecule has 1 aromatic heterocycles. The largest absolute Gasteiger partial charge is 0.508 e. The highest BCUT2D eigenvalue weighted by Gasteiger charge is 2.33. The highest BCUT2D eigenvalue weighted by Crippen LogP contribution is 2.35. The number of carbonyl (C=O) groups is 1. The molecule has 1 aliphatic rings. The normalized spacial score (nSPS) is 15.5. The number of amides is 1. The van der Waals surface area contributed by atoms with Crippen molar-refractivity contribution in [3.8, 4) is 5.75 Å². The van der Waals surface area contributed by atoms with Crippen LogP contribution in [-0.4, -0.2) is 45.7 Å². The molecule has 1 fully saturated rings. The molecule has 4 aromatic rings. The van der Waals surface area contributed by atoms with Crippen molar-refractivity contribution in [1.82, 2.24) is 14.5 Å². The highest BCUT2D eigenvalue weighted by atomic mass is 19.4. The summed E-state index contributed by atoms with van der Waals surface area (Å²) in [7, 11) is 1.53. The van der Waals surface area contributed by atoms with Gasteiger partial charge in [0, 0.05) is 26.2 Å². The number of rotatable bonds is 7. The number of carbonyl (C=O) groups excluding carboxylic acids is 1. The smallest absolute Gasteiger partial charge is 0.416 e. The van der Waals surface area contributed by atoms with Crippen molar-refractivity contribution in [3.05, 3.63) is 95.3 Å². The molecule has 0 radical (unpaired) electrons. The summed E-state index contributed by atoms with van der Waals surface area (Å²) in [4.78, 5) is 20.2. The number of phenolic OH excluding ortho intramolecular Hbond substituents is 1. The minimum atomic E-state index is -4.44. The molecule has 0 aliphatic carbocycles. The van der Waals surface area contributed by atoms with E-state index in [1.165, 1.54) is 13.2 Å². The fourth-order valence-electron chi connectivity index (χ4n) is 5.43. The average Bonchev–Trinajstić information content (AvgIpc) is 3.30. The first-order chi connectivity index (χ1) is 18.7. The Morgan fingerprint density at radius 1 is 1.05 bits per heavy atom. The maximum Gasteiger partial charge on any atom is 0.416 e. The van der Waals surface area contributed by atoms with Gasteiger partial charge >= 0.3 is 6.18 Å². The molecular formula is C30H30F3N3O3. The lowest BCUT2D eigenvalue weighted by atomic mass is 9.89. The Balaban J connectivity index is 1.36. The third kappa shape index (κ3) is 5.78. The predicted molar refractivity (Wildman–Crippen MR) is 141 cm³/mol. The zero-order valence-electron chi connectivity index (χ0n) is 21.6. The number of aromatic nitrogens is 2. The van der Waals surface area contributed by atoms with E-state index in [9.17, 15) is 23.1 Å². The van der Waals surface area contributed by atoms with Gasteiger partial charge in [-0.05, 0) is 60.7 Å². The van der Waals surface area contributed by atoms with Crippen LogP contribution in [0.25, 0.3) is 11.0 Å². The summed E-state index contributed by atoms with van der Waals surface area (Å²) >= 11 is 0. The Morgan fingerprint density at radius 3 is 2.38 bits per heavy atom. The monoisotopic (exact) mass is 537 g/mol. The van der Waals surface area contributed by atoms with Crippen LogP contribution in [0.5, 0.6) is 5.75 Å². The lowest BCUT2D eigenvalue weighted by Crippen LogP contribution is -2.42. The van der Waals surface area contributed by atoms with Crippen LogP contribution < -0.4 is 0 Å². The Morgan fingerprint density at radius 2 is 1.74 bits per heavy atom. The number of halogens is 3. The second-order valence-corrected chi connectivity index (χ2v) is 9.92. The summed E-state index contributed by atoms with van der Waals surface area (Å²) in [5.41, 5.74) is 2.07. The van der Waals surface area contributed by atoms with Crippen LogP contribution in [0.3, 0.4) is 0 Å². The van der Waals surface area contributed by atoms with E-state index in [1.54, 1.807) is 12.1 Å². The minimum Gasteiger partial charge on any atom is -0.508 e. The van der Waals surface area contributed by atoms with Crippen molar-refractivity contribution < 1.29 is 27.8 Å². The van der Waals surface area contributed by atoms with Gasteiger partial charge in [0.15, 0.2) is 0 Å². The molecule has 0 saturated carbocycles. The number of phenols is 1. The molecule has 0 spiro atoms. The first-order valence-electron chi connectivity index (χ1n) is 12.9. The van der Waals surface area contributed by atoms with E-state index >= 15 is 0 Å². The van der Waals surface area contributed by atoms with E-state index in [0.717, 1.165) is 23.3 Å². The lowest BCUT2D eigenvalue weighted by Gasteiger charge is -2.35. The van der Waals surface area contributed by atoms with Gasteiger partial charge in [-0.2, -0.15) is 13.2 Å². The summed E-state index contributed by atoms with van der Waals surface area (Å²) in [6.45, 7) is 1.22. The number of methoxy groups -OCH3 is 1. The Bertz CT molecular complexity index is 1430. The quantitative estimate of drug-likeness (QED) is 0.310. The molecule has 1 amide bonds. The molecule has 204 valence electrons. The number of hydrogen-bond donors (Lipinski definition) is 1. The van der Waals surface area contributed by atoms with Crippen LogP contribution in [-0.2, 0) is 28.7 Å². The van der Waals surface area contributed by atoms with Crippen molar-refractivity contribution in [2.75, 3.05) is 20.2 Å². The molecule has 9 heteroatoms. The van der Waals surface area contributed by atoms with Gasteiger partial charge in [0.25, 0.3) is 0 Å². The number of fused-ring (bicyclic) bond motifs is 1. The molecule has 1 atom stereocenters. The predicted octanol–water partition coefficient (Wildman–Crippen LogP) is 6.10. The Kier molecular flexibility index (Phi) is 7.61. The first-order valence-corrected chi connectivity index (χ1v) is 12.9. The summed E-state index contributed by atoms with van der Waals surface area (Å²) in [6.07, 6.45) is -2.64. The molecule has 5 rings (SSSR count). The van der Waals surface area contributed by atoms with E-state index in [0.29, 0.717) is 43.7 Å². The molecule has 1 saturated heterocycles. The van der Waals surface area contributed by atoms with Gasteiger partial charge in [0.2, 0.25) is 5.91 Å². The van der Waals surface area contributed by atoms with Crippen molar-refractivity contribution in [1.29, 1.82) is 0 Å². The first kappa shape index (κ1) is 26.7. The highest BCUT2D eigenvalue weighted by molar-refractivity contribution is 5.84. The van der Waals surface area contributed by atoms with Gasteiger partial charge in [-0.15, -0.1) is 0 Å². The van der Waals surface area contributed by atoms with Crippen LogP contribution >= 0.6 is 0 Å². The fourth-order valence-corrected chi connectivity index (χ4v) is 5.43. The summed E-state index contributed by atoms with van der Waals surface area (Å²) in [5.74, 6) is 0.422. The molecule has 3 aromatic carbocycles.